The molecule has 15 heavy (non-hydrogen) atoms. The van der Waals surface area contributed by atoms with Crippen LogP contribution < -0.4 is 0 Å². The average Bonchev–Trinajstić information content (AvgIpc) is 2.18. The van der Waals surface area contributed by atoms with E-state index in [0.29, 0.717) is 5.92 Å². The van der Waals surface area contributed by atoms with Gasteiger partial charge in [0.15, 0.2) is 0 Å². The minimum atomic E-state index is 0.134. The van der Waals surface area contributed by atoms with Crippen LogP contribution in [-0.4, -0.2) is 60.6 Å². The van der Waals surface area contributed by atoms with E-state index in [1.807, 2.05) is 7.05 Å². The van der Waals surface area contributed by atoms with E-state index in [0.717, 1.165) is 26.2 Å². The minimum Gasteiger partial charge on any atom is -0.395 e. The minimum absolute atomic E-state index is 0.134. The zero-order valence-corrected chi connectivity index (χ0v) is 9.78. The quantitative estimate of drug-likeness (QED) is 0.725. The molecule has 88 valence electrons. The van der Waals surface area contributed by atoms with Crippen molar-refractivity contribution in [3.63, 3.8) is 0 Å². The summed E-state index contributed by atoms with van der Waals surface area (Å²) >= 11 is 0. The van der Waals surface area contributed by atoms with Gasteiger partial charge < -0.3 is 14.9 Å². The van der Waals surface area contributed by atoms with Gasteiger partial charge in [0.2, 0.25) is 5.91 Å². The Hall–Kier alpha value is -0.610. The summed E-state index contributed by atoms with van der Waals surface area (Å²) in [6.07, 6.45) is 2.37. The highest BCUT2D eigenvalue weighted by Gasteiger charge is 2.21. The molecule has 1 aliphatic heterocycles. The molecule has 0 aromatic heterocycles. The zero-order chi connectivity index (χ0) is 11.3. The standard InChI is InChI=1S/C11H22N2O2/c1-10(15)12(2)8-11-4-3-5-13(9-11)6-7-14/h11,14H,3-9H2,1-2H3. The fourth-order valence-electron chi connectivity index (χ4n) is 2.16. The smallest absolute Gasteiger partial charge is 0.219 e. The molecule has 1 fully saturated rings. The molecular formula is C11H22N2O2. The van der Waals surface area contributed by atoms with E-state index in [1.54, 1.807) is 11.8 Å². The Kier molecular flexibility index (Phi) is 5.05. The van der Waals surface area contributed by atoms with Crippen molar-refractivity contribution >= 4 is 5.91 Å². The lowest BCUT2D eigenvalue weighted by molar-refractivity contribution is -0.128. The Bertz CT molecular complexity index is 207. The van der Waals surface area contributed by atoms with Crippen molar-refractivity contribution in [2.75, 3.05) is 39.8 Å². The third-order valence-electron chi connectivity index (χ3n) is 3.09. The van der Waals surface area contributed by atoms with Gasteiger partial charge in [-0.25, -0.2) is 0 Å². The molecule has 0 aromatic rings. The van der Waals surface area contributed by atoms with Crippen LogP contribution in [0.4, 0.5) is 0 Å². The molecule has 1 N–H and O–H groups in total. The number of carbonyl (C=O) groups is 1. The number of aliphatic hydroxyl groups excluding tert-OH is 1. The Labute approximate surface area is 91.9 Å². The number of aliphatic hydroxyl groups is 1. The number of piperidine rings is 1. The van der Waals surface area contributed by atoms with Gasteiger partial charge in [-0.15, -0.1) is 0 Å². The van der Waals surface area contributed by atoms with Gasteiger partial charge in [-0.2, -0.15) is 0 Å². The Morgan fingerprint density at radius 3 is 2.93 bits per heavy atom. The summed E-state index contributed by atoms with van der Waals surface area (Å²) in [6, 6.07) is 0. The van der Waals surface area contributed by atoms with Gasteiger partial charge in [0.25, 0.3) is 0 Å². The predicted octanol–water partition coefficient (Wildman–Crippen LogP) is 0.169. The molecule has 1 atom stereocenters. The van der Waals surface area contributed by atoms with Gasteiger partial charge in [0.1, 0.15) is 0 Å². The van der Waals surface area contributed by atoms with Crippen molar-refractivity contribution < 1.29 is 9.90 Å². The Morgan fingerprint density at radius 2 is 2.33 bits per heavy atom. The predicted molar refractivity (Wildman–Crippen MR) is 59.6 cm³/mol. The number of amides is 1. The van der Waals surface area contributed by atoms with E-state index >= 15 is 0 Å². The van der Waals surface area contributed by atoms with Gasteiger partial charge in [0.05, 0.1) is 6.61 Å². The molecule has 0 spiro atoms. The SMILES string of the molecule is CC(=O)N(C)CC1CCCN(CCO)C1. The molecule has 1 heterocycles. The fourth-order valence-corrected chi connectivity index (χ4v) is 2.16. The van der Waals surface area contributed by atoms with Crippen LogP contribution in [0.3, 0.4) is 0 Å². The number of carbonyl (C=O) groups excluding carboxylic acids is 1. The molecule has 0 aliphatic carbocycles. The van der Waals surface area contributed by atoms with Gasteiger partial charge >= 0.3 is 0 Å². The molecule has 1 amide bonds. The topological polar surface area (TPSA) is 43.8 Å². The Balaban J connectivity index is 2.32. The first kappa shape index (κ1) is 12.5. The van der Waals surface area contributed by atoms with Crippen molar-refractivity contribution in [1.29, 1.82) is 0 Å². The summed E-state index contributed by atoms with van der Waals surface area (Å²) in [7, 11) is 1.85. The van der Waals surface area contributed by atoms with Crippen LogP contribution >= 0.6 is 0 Å². The summed E-state index contributed by atoms with van der Waals surface area (Å²) in [5, 5.41) is 8.87. The highest BCUT2D eigenvalue weighted by molar-refractivity contribution is 5.72. The zero-order valence-electron chi connectivity index (χ0n) is 9.78. The van der Waals surface area contributed by atoms with E-state index in [9.17, 15) is 4.79 Å². The summed E-state index contributed by atoms with van der Waals surface area (Å²) in [5.74, 6) is 0.702. The van der Waals surface area contributed by atoms with E-state index < -0.39 is 0 Å². The molecule has 0 bridgehead atoms. The molecule has 1 aliphatic rings. The average molecular weight is 214 g/mol. The van der Waals surface area contributed by atoms with Crippen LogP contribution in [0.25, 0.3) is 0 Å². The largest absolute Gasteiger partial charge is 0.395 e. The van der Waals surface area contributed by atoms with E-state index in [-0.39, 0.29) is 12.5 Å². The van der Waals surface area contributed by atoms with Crippen molar-refractivity contribution in [2.45, 2.75) is 19.8 Å². The normalized spacial score (nSPS) is 22.7. The highest BCUT2D eigenvalue weighted by atomic mass is 16.3. The second-order valence-corrected chi connectivity index (χ2v) is 4.43. The van der Waals surface area contributed by atoms with Gasteiger partial charge in [0, 0.05) is 33.6 Å². The first-order valence-corrected chi connectivity index (χ1v) is 5.68. The number of hydrogen-bond acceptors (Lipinski definition) is 3. The van der Waals surface area contributed by atoms with Gasteiger partial charge in [-0.3, -0.25) is 4.79 Å². The molecule has 1 saturated heterocycles. The third kappa shape index (κ3) is 4.18. The summed E-state index contributed by atoms with van der Waals surface area (Å²) < 4.78 is 0. The van der Waals surface area contributed by atoms with Crippen molar-refractivity contribution in [2.24, 2.45) is 5.92 Å². The lowest BCUT2D eigenvalue weighted by atomic mass is 9.97. The molecular weight excluding hydrogens is 192 g/mol. The number of rotatable bonds is 4. The van der Waals surface area contributed by atoms with Crippen molar-refractivity contribution in [1.82, 2.24) is 9.80 Å². The van der Waals surface area contributed by atoms with Crippen LogP contribution in [0.1, 0.15) is 19.8 Å². The highest BCUT2D eigenvalue weighted by Crippen LogP contribution is 2.16. The monoisotopic (exact) mass is 214 g/mol. The second-order valence-electron chi connectivity index (χ2n) is 4.43. The number of β-amino-alcohol motifs (C(OH)–C–C–N with tert-alkyl or cyclic N) is 1. The fraction of sp³-hybridized carbons (Fsp3) is 0.909. The summed E-state index contributed by atoms with van der Waals surface area (Å²) in [4.78, 5) is 15.2. The van der Waals surface area contributed by atoms with E-state index in [2.05, 4.69) is 4.90 Å². The van der Waals surface area contributed by atoms with E-state index in [4.69, 9.17) is 5.11 Å². The molecule has 4 nitrogen and oxygen atoms in total. The van der Waals surface area contributed by atoms with Crippen molar-refractivity contribution in [3.8, 4) is 0 Å². The summed E-state index contributed by atoms with van der Waals surface area (Å²) in [6.45, 7) is 5.54. The molecule has 1 unspecified atom stereocenters. The maximum atomic E-state index is 11.1. The lowest BCUT2D eigenvalue weighted by Crippen LogP contribution is -2.42. The molecule has 1 rings (SSSR count). The van der Waals surface area contributed by atoms with Gasteiger partial charge in [-0.05, 0) is 25.3 Å². The van der Waals surface area contributed by atoms with Crippen LogP contribution in [0.2, 0.25) is 0 Å². The van der Waals surface area contributed by atoms with E-state index in [1.165, 1.54) is 12.8 Å². The number of nitrogens with zero attached hydrogens (tertiary/aromatic N) is 2. The third-order valence-corrected chi connectivity index (χ3v) is 3.09. The van der Waals surface area contributed by atoms with Crippen LogP contribution in [0.15, 0.2) is 0 Å². The van der Waals surface area contributed by atoms with Gasteiger partial charge in [-0.1, -0.05) is 0 Å². The van der Waals surface area contributed by atoms with Crippen LogP contribution in [-0.2, 0) is 4.79 Å². The van der Waals surface area contributed by atoms with Crippen LogP contribution in [0.5, 0.6) is 0 Å². The molecule has 0 aromatic carbocycles. The number of hydrogen-bond donors (Lipinski definition) is 1. The lowest BCUT2D eigenvalue weighted by Gasteiger charge is -2.34. The molecule has 0 saturated carbocycles. The second kappa shape index (κ2) is 6.08. The summed E-state index contributed by atoms with van der Waals surface area (Å²) in [5.41, 5.74) is 0. The number of likely N-dealkylation sites (tertiary alicyclic amines) is 1. The maximum absolute atomic E-state index is 11.1. The maximum Gasteiger partial charge on any atom is 0.219 e. The van der Waals surface area contributed by atoms with Crippen LogP contribution in [0, 0.1) is 5.92 Å². The molecule has 0 radical (unpaired) electrons. The molecule has 4 heteroatoms. The van der Waals surface area contributed by atoms with Crippen molar-refractivity contribution in [3.05, 3.63) is 0 Å². The Morgan fingerprint density at radius 1 is 1.60 bits per heavy atom. The first-order valence-electron chi connectivity index (χ1n) is 5.68. The first-order chi connectivity index (χ1) is 7.13.